The van der Waals surface area contributed by atoms with Crippen LogP contribution in [-0.2, 0) is 41.8 Å². The Labute approximate surface area is 363 Å². The molecule has 0 aliphatic rings. The third-order valence-corrected chi connectivity index (χ3v) is 9.89. The maximum absolute atomic E-state index is 12.6. The first-order valence-corrected chi connectivity index (χ1v) is 24.5. The first-order chi connectivity index (χ1) is 29.2. The molecule has 0 saturated heterocycles. The average Bonchev–Trinajstić information content (AvgIpc) is 3.21. The first kappa shape index (κ1) is 58.2. The molecule has 17 heteroatoms. The number of aliphatic hydroxyl groups excluding tert-OH is 3. The molecule has 0 fully saturated rings. The largest absolute Gasteiger partial charge is 0.472 e. The van der Waals surface area contributed by atoms with Crippen LogP contribution in [0.25, 0.3) is 0 Å². The second kappa shape index (κ2) is 38.9. The fraction of sp³-hybridized carbons (Fsp3) is 0.636. The Bertz CT molecular complexity index is 1430. The van der Waals surface area contributed by atoms with Crippen LogP contribution in [0.15, 0.2) is 85.1 Å². The van der Waals surface area contributed by atoms with E-state index in [1.807, 2.05) is 18.2 Å². The quantitative estimate of drug-likeness (QED) is 0.0146. The molecule has 0 bridgehead atoms. The van der Waals surface area contributed by atoms with E-state index in [2.05, 4.69) is 83.7 Å². The molecular weight excluding hydrogens is 830 g/mol. The van der Waals surface area contributed by atoms with E-state index in [1.54, 1.807) is 6.08 Å². The number of aliphatic hydroxyl groups is 3. The van der Waals surface area contributed by atoms with Gasteiger partial charge in [0.25, 0.3) is 0 Å². The van der Waals surface area contributed by atoms with Crippen LogP contribution in [0.3, 0.4) is 0 Å². The van der Waals surface area contributed by atoms with Gasteiger partial charge in [0.15, 0.2) is 6.10 Å². The monoisotopic (exact) mass is 904 g/mol. The number of phosphoric acid groups is 2. The lowest BCUT2D eigenvalue weighted by atomic mass is 10.0. The lowest BCUT2D eigenvalue weighted by Gasteiger charge is -2.20. The molecule has 0 radical (unpaired) electrons. The van der Waals surface area contributed by atoms with Crippen molar-refractivity contribution < 1.29 is 71.8 Å². The molecule has 6 N–H and O–H groups in total. The Morgan fingerprint density at radius 3 is 1.59 bits per heavy atom. The summed E-state index contributed by atoms with van der Waals surface area (Å²) in [6.07, 6.45) is 36.1. The van der Waals surface area contributed by atoms with Crippen LogP contribution in [0.1, 0.15) is 129 Å². The zero-order chi connectivity index (χ0) is 45.5. The molecule has 0 aromatic carbocycles. The summed E-state index contributed by atoms with van der Waals surface area (Å²) in [5, 5.41) is 30.4. The van der Waals surface area contributed by atoms with E-state index in [9.17, 15) is 38.9 Å². The van der Waals surface area contributed by atoms with Crippen molar-refractivity contribution >= 4 is 27.6 Å². The van der Waals surface area contributed by atoms with Crippen LogP contribution in [-0.4, -0.2) is 92.8 Å². The van der Waals surface area contributed by atoms with Gasteiger partial charge in [0, 0.05) is 12.8 Å². The van der Waals surface area contributed by atoms with Crippen molar-refractivity contribution in [3.8, 4) is 0 Å². The zero-order valence-electron chi connectivity index (χ0n) is 36.2. The fourth-order valence-corrected chi connectivity index (χ4v) is 6.24. The molecule has 0 spiro atoms. The number of hydrogen-bond donors (Lipinski definition) is 6. The van der Waals surface area contributed by atoms with Crippen molar-refractivity contribution in [3.63, 3.8) is 0 Å². The zero-order valence-corrected chi connectivity index (χ0v) is 38.0. The third-order valence-electron chi connectivity index (χ3n) is 8.46. The third kappa shape index (κ3) is 41.0. The van der Waals surface area contributed by atoms with Crippen LogP contribution in [0, 0.1) is 0 Å². The molecule has 0 aliphatic heterocycles. The number of carbonyl (C=O) groups excluding carboxylic acids is 2. The van der Waals surface area contributed by atoms with Gasteiger partial charge >= 0.3 is 27.6 Å². The Kier molecular flexibility index (Phi) is 37.1. The van der Waals surface area contributed by atoms with Gasteiger partial charge in [0.05, 0.1) is 32.0 Å². The lowest BCUT2D eigenvalue weighted by Crippen LogP contribution is -2.30. The summed E-state index contributed by atoms with van der Waals surface area (Å²) in [6, 6.07) is 0. The number of unbranched alkanes of at least 4 members (excludes halogenated alkanes) is 5. The average molecular weight is 905 g/mol. The van der Waals surface area contributed by atoms with Crippen molar-refractivity contribution in [2.24, 2.45) is 0 Å². The van der Waals surface area contributed by atoms with Crippen molar-refractivity contribution in [2.45, 2.75) is 154 Å². The summed E-state index contributed by atoms with van der Waals surface area (Å²) >= 11 is 0. The standard InChI is InChI=1S/C44H74O15P2/c1-3-5-7-9-11-13-15-17-18-19-21-23-25-27-29-33-44(49)59-40(38-58-61(53,54)57-36-39(45)35-56-60(50,51)52)37-55-43(48)34-30-32-42(47)41(46)31-28-26-24-22-20-16-14-12-10-8-6-4-2/h6,8,11-14,17-18,20-23,26,28,39-42,45-47H,3-5,7,9-10,15-16,19,24-25,27,29-38H2,1-2H3,(H,53,54)(H2,50,51,52)/b8-6-,13-11-,14-12-,18-17-,22-20-,23-21-,28-26-/t39-,40+,41-,42-/m0/s1. The highest BCUT2D eigenvalue weighted by Gasteiger charge is 2.28. The van der Waals surface area contributed by atoms with Gasteiger partial charge in [-0.3, -0.25) is 23.2 Å². The molecule has 0 heterocycles. The molecule has 0 aliphatic carbocycles. The van der Waals surface area contributed by atoms with Gasteiger partial charge in [-0.05, 0) is 89.9 Å². The Morgan fingerprint density at radius 2 is 1.03 bits per heavy atom. The van der Waals surface area contributed by atoms with Crippen molar-refractivity contribution in [1.82, 2.24) is 0 Å². The second-order valence-corrected chi connectivity index (χ2v) is 16.9. The molecule has 5 atom stereocenters. The number of esters is 2. The minimum Gasteiger partial charge on any atom is -0.462 e. The van der Waals surface area contributed by atoms with Gasteiger partial charge in [-0.15, -0.1) is 0 Å². The number of carbonyl (C=O) groups is 2. The normalized spacial score (nSPS) is 15.9. The summed E-state index contributed by atoms with van der Waals surface area (Å²) in [6.45, 7) is 1.22. The Hall–Kier alpha value is -2.78. The predicted molar refractivity (Wildman–Crippen MR) is 237 cm³/mol. The number of ether oxygens (including phenoxy) is 2. The van der Waals surface area contributed by atoms with Crippen LogP contribution in [0.4, 0.5) is 0 Å². The Morgan fingerprint density at radius 1 is 0.541 bits per heavy atom. The van der Waals surface area contributed by atoms with Crippen molar-refractivity contribution in [1.29, 1.82) is 0 Å². The first-order valence-electron chi connectivity index (χ1n) is 21.4. The number of phosphoric ester groups is 2. The Balaban J connectivity index is 4.84. The van der Waals surface area contributed by atoms with Gasteiger partial charge in [0.2, 0.25) is 0 Å². The van der Waals surface area contributed by atoms with Crippen molar-refractivity contribution in [2.75, 3.05) is 26.4 Å². The van der Waals surface area contributed by atoms with Crippen LogP contribution in [0.5, 0.6) is 0 Å². The van der Waals surface area contributed by atoms with Gasteiger partial charge in [-0.1, -0.05) is 112 Å². The van der Waals surface area contributed by atoms with Gasteiger partial charge < -0.3 is 39.5 Å². The van der Waals surface area contributed by atoms with E-state index in [4.69, 9.17) is 23.8 Å². The van der Waals surface area contributed by atoms with Gasteiger partial charge in [-0.25, -0.2) is 9.13 Å². The topological polar surface area (TPSA) is 236 Å². The molecule has 15 nitrogen and oxygen atoms in total. The predicted octanol–water partition coefficient (Wildman–Crippen LogP) is 8.72. The summed E-state index contributed by atoms with van der Waals surface area (Å²) in [7, 11) is -9.79. The second-order valence-electron chi connectivity index (χ2n) is 14.2. The summed E-state index contributed by atoms with van der Waals surface area (Å²) in [5.74, 6) is -1.37. The number of allylic oxidation sites excluding steroid dienone is 13. The minimum absolute atomic E-state index is 0.0168. The highest BCUT2D eigenvalue weighted by Crippen LogP contribution is 2.43. The number of rotatable bonds is 39. The minimum atomic E-state index is -4.90. The molecular formula is C44H74O15P2. The molecule has 61 heavy (non-hydrogen) atoms. The molecule has 0 aromatic heterocycles. The fourth-order valence-electron chi connectivity index (χ4n) is 5.09. The molecule has 0 aromatic rings. The highest BCUT2D eigenvalue weighted by atomic mass is 31.2. The maximum atomic E-state index is 12.6. The smallest absolute Gasteiger partial charge is 0.462 e. The highest BCUT2D eigenvalue weighted by molar-refractivity contribution is 7.47. The van der Waals surface area contributed by atoms with Crippen molar-refractivity contribution in [3.05, 3.63) is 85.1 Å². The van der Waals surface area contributed by atoms with Crippen LogP contribution in [0.2, 0.25) is 0 Å². The molecule has 0 amide bonds. The molecule has 350 valence electrons. The SMILES string of the molecule is CC/C=C\C/C=C\C/C=C\C/C=C\C[C@H](O)[C@@H](O)CCCC(=O)OC[C@H](COP(=O)(O)OC[C@@H](O)COP(=O)(O)O)OC(=O)CCCC/C=C\C/C=C\C/C=C\CCCCC. The van der Waals surface area contributed by atoms with E-state index in [1.165, 1.54) is 19.3 Å². The lowest BCUT2D eigenvalue weighted by molar-refractivity contribution is -0.161. The van der Waals surface area contributed by atoms with E-state index in [0.717, 1.165) is 44.9 Å². The van der Waals surface area contributed by atoms with Gasteiger partial charge in [-0.2, -0.15) is 0 Å². The molecule has 1 unspecified atom stereocenters. The number of hydrogen-bond acceptors (Lipinski definition) is 12. The summed E-state index contributed by atoms with van der Waals surface area (Å²) in [4.78, 5) is 52.7. The van der Waals surface area contributed by atoms with Crippen LogP contribution >= 0.6 is 15.6 Å². The maximum Gasteiger partial charge on any atom is 0.472 e. The van der Waals surface area contributed by atoms with E-state index < -0.39 is 78.4 Å². The van der Waals surface area contributed by atoms with E-state index >= 15 is 0 Å². The summed E-state index contributed by atoms with van der Waals surface area (Å²) in [5.41, 5.74) is 0. The van der Waals surface area contributed by atoms with E-state index in [0.29, 0.717) is 19.3 Å². The van der Waals surface area contributed by atoms with Gasteiger partial charge in [0.1, 0.15) is 12.7 Å². The summed E-state index contributed by atoms with van der Waals surface area (Å²) < 4.78 is 47.5. The van der Waals surface area contributed by atoms with E-state index in [-0.39, 0.29) is 32.1 Å². The molecule has 0 rings (SSSR count). The van der Waals surface area contributed by atoms with Crippen LogP contribution < -0.4 is 0 Å². The molecule has 0 saturated carbocycles.